The molecule has 2 amide bonds. The van der Waals surface area contributed by atoms with E-state index < -0.39 is 0 Å². The zero-order chi connectivity index (χ0) is 18.4. The summed E-state index contributed by atoms with van der Waals surface area (Å²) in [4.78, 5) is 13.9. The van der Waals surface area contributed by atoms with Gasteiger partial charge in [-0.15, -0.1) is 0 Å². The van der Waals surface area contributed by atoms with Crippen molar-refractivity contribution in [3.05, 3.63) is 65.2 Å². The Morgan fingerprint density at radius 1 is 1.19 bits per heavy atom. The van der Waals surface area contributed by atoms with Crippen LogP contribution in [0.2, 0.25) is 0 Å². The number of ether oxygens (including phenoxy) is 1. The highest BCUT2D eigenvalue weighted by Crippen LogP contribution is 2.20. The van der Waals surface area contributed by atoms with Crippen molar-refractivity contribution in [1.82, 2.24) is 10.2 Å². The lowest BCUT2D eigenvalue weighted by atomic mass is 9.92. The molecule has 1 aliphatic heterocycles. The van der Waals surface area contributed by atoms with Crippen molar-refractivity contribution >= 4 is 6.03 Å². The van der Waals surface area contributed by atoms with Gasteiger partial charge in [0, 0.05) is 13.1 Å². The van der Waals surface area contributed by atoms with Gasteiger partial charge in [0.2, 0.25) is 0 Å². The normalized spacial score (nSPS) is 13.6. The number of carbonyl (C=O) groups excluding carboxylic acids is 1. The van der Waals surface area contributed by atoms with Crippen molar-refractivity contribution in [1.29, 1.82) is 5.26 Å². The number of carbonyl (C=O) groups is 1. The molecule has 2 aromatic carbocycles. The number of aryl methyl sites for hydroxylation is 1. The number of rotatable bonds is 6. The lowest BCUT2D eigenvalue weighted by Gasteiger charge is -2.39. The first kappa shape index (κ1) is 17.8. The van der Waals surface area contributed by atoms with Gasteiger partial charge < -0.3 is 15.0 Å². The first-order chi connectivity index (χ1) is 12.6. The molecule has 1 fully saturated rings. The molecule has 1 heterocycles. The molecule has 0 unspecified atom stereocenters. The number of amides is 2. The average Bonchev–Trinajstić information content (AvgIpc) is 2.63. The summed E-state index contributed by atoms with van der Waals surface area (Å²) in [5.41, 5.74) is 3.20. The predicted molar refractivity (Wildman–Crippen MR) is 100.0 cm³/mol. The Kier molecular flexibility index (Phi) is 5.75. The minimum Gasteiger partial charge on any atom is -0.492 e. The Morgan fingerprint density at radius 2 is 1.88 bits per heavy atom. The van der Waals surface area contributed by atoms with Crippen LogP contribution in [0.1, 0.15) is 16.7 Å². The van der Waals surface area contributed by atoms with Crippen LogP contribution < -0.4 is 10.1 Å². The van der Waals surface area contributed by atoms with Gasteiger partial charge in [0.1, 0.15) is 12.4 Å². The fourth-order valence-electron chi connectivity index (χ4n) is 2.99. The SMILES string of the molecule is Cc1ccc(CC2CN(C(=O)NCCOc3ccc(C#N)cc3)C2)cc1. The number of hydrogen-bond acceptors (Lipinski definition) is 3. The second-order valence-corrected chi connectivity index (χ2v) is 6.68. The van der Waals surface area contributed by atoms with Gasteiger partial charge in [0.15, 0.2) is 0 Å². The minimum absolute atomic E-state index is 0.0337. The molecule has 0 saturated carbocycles. The molecule has 2 aromatic rings. The first-order valence-electron chi connectivity index (χ1n) is 8.85. The third kappa shape index (κ3) is 4.76. The quantitative estimate of drug-likeness (QED) is 0.815. The Labute approximate surface area is 154 Å². The molecular weight excluding hydrogens is 326 g/mol. The van der Waals surface area contributed by atoms with Crippen LogP contribution in [-0.4, -0.2) is 37.2 Å². The van der Waals surface area contributed by atoms with E-state index in [1.54, 1.807) is 24.3 Å². The summed E-state index contributed by atoms with van der Waals surface area (Å²) in [5.74, 6) is 1.23. The van der Waals surface area contributed by atoms with Crippen LogP contribution in [0.25, 0.3) is 0 Å². The van der Waals surface area contributed by atoms with Gasteiger partial charge in [-0.2, -0.15) is 5.26 Å². The van der Waals surface area contributed by atoms with Crippen LogP contribution in [0.4, 0.5) is 4.79 Å². The third-order valence-corrected chi connectivity index (χ3v) is 4.52. The molecule has 1 saturated heterocycles. The van der Waals surface area contributed by atoms with Gasteiger partial charge in [-0.25, -0.2) is 4.79 Å². The van der Waals surface area contributed by atoms with E-state index in [1.165, 1.54) is 11.1 Å². The van der Waals surface area contributed by atoms with Gasteiger partial charge >= 0.3 is 6.03 Å². The summed E-state index contributed by atoms with van der Waals surface area (Å²) in [6, 6.07) is 17.6. The van der Waals surface area contributed by atoms with Crippen molar-refractivity contribution < 1.29 is 9.53 Å². The molecular formula is C21H23N3O2. The van der Waals surface area contributed by atoms with Gasteiger partial charge in [0.25, 0.3) is 0 Å². The van der Waals surface area contributed by atoms with Crippen molar-refractivity contribution in [2.75, 3.05) is 26.2 Å². The van der Waals surface area contributed by atoms with Crippen LogP contribution in [0.5, 0.6) is 5.75 Å². The largest absolute Gasteiger partial charge is 0.492 e. The zero-order valence-corrected chi connectivity index (χ0v) is 14.9. The Bertz CT molecular complexity index is 772. The lowest BCUT2D eigenvalue weighted by Crippen LogP contribution is -2.54. The molecule has 0 spiro atoms. The number of benzene rings is 2. The molecule has 0 bridgehead atoms. The molecule has 5 nitrogen and oxygen atoms in total. The van der Waals surface area contributed by atoms with Crippen LogP contribution in [0.15, 0.2) is 48.5 Å². The van der Waals surface area contributed by atoms with E-state index >= 15 is 0 Å². The predicted octanol–water partition coefficient (Wildman–Crippen LogP) is 3.13. The molecule has 0 atom stereocenters. The van der Waals surface area contributed by atoms with E-state index in [9.17, 15) is 4.79 Å². The number of urea groups is 1. The van der Waals surface area contributed by atoms with Crippen LogP contribution in [0.3, 0.4) is 0 Å². The number of likely N-dealkylation sites (tertiary alicyclic amines) is 1. The Morgan fingerprint density at radius 3 is 2.54 bits per heavy atom. The highest BCUT2D eigenvalue weighted by molar-refractivity contribution is 5.75. The Balaban J connectivity index is 1.31. The molecule has 26 heavy (non-hydrogen) atoms. The standard InChI is InChI=1S/C21H23N3O2/c1-16-2-4-17(5-3-16)12-19-14-24(15-19)21(25)23-10-11-26-20-8-6-18(13-22)7-9-20/h2-9,19H,10-12,14-15H2,1H3,(H,23,25). The van der Waals surface area contributed by atoms with E-state index in [0.29, 0.717) is 30.4 Å². The lowest BCUT2D eigenvalue weighted by molar-refractivity contribution is 0.119. The second-order valence-electron chi connectivity index (χ2n) is 6.68. The summed E-state index contributed by atoms with van der Waals surface area (Å²) in [5, 5.41) is 11.6. The number of nitriles is 1. The van der Waals surface area contributed by atoms with Crippen molar-refractivity contribution in [3.63, 3.8) is 0 Å². The highest BCUT2D eigenvalue weighted by atomic mass is 16.5. The molecule has 1 N–H and O–H groups in total. The van der Waals surface area contributed by atoms with Crippen LogP contribution >= 0.6 is 0 Å². The summed E-state index contributed by atoms with van der Waals surface area (Å²) in [6.45, 7) is 4.55. The maximum atomic E-state index is 12.1. The minimum atomic E-state index is -0.0337. The number of hydrogen-bond donors (Lipinski definition) is 1. The molecule has 1 aliphatic rings. The average molecular weight is 349 g/mol. The maximum Gasteiger partial charge on any atom is 0.317 e. The summed E-state index contributed by atoms with van der Waals surface area (Å²) >= 11 is 0. The monoisotopic (exact) mass is 349 g/mol. The topological polar surface area (TPSA) is 65.4 Å². The van der Waals surface area contributed by atoms with E-state index in [1.807, 2.05) is 4.90 Å². The molecule has 134 valence electrons. The molecule has 0 aromatic heterocycles. The van der Waals surface area contributed by atoms with E-state index in [4.69, 9.17) is 10.00 Å². The fraction of sp³-hybridized carbons (Fsp3) is 0.333. The second kappa shape index (κ2) is 8.39. The summed E-state index contributed by atoms with van der Waals surface area (Å²) < 4.78 is 5.55. The molecule has 0 radical (unpaired) electrons. The zero-order valence-electron chi connectivity index (χ0n) is 14.9. The van der Waals surface area contributed by atoms with E-state index in [-0.39, 0.29) is 6.03 Å². The van der Waals surface area contributed by atoms with Crippen molar-refractivity contribution in [3.8, 4) is 11.8 Å². The highest BCUT2D eigenvalue weighted by Gasteiger charge is 2.30. The van der Waals surface area contributed by atoms with Crippen LogP contribution in [-0.2, 0) is 6.42 Å². The van der Waals surface area contributed by atoms with Crippen LogP contribution in [0, 0.1) is 24.2 Å². The number of nitrogens with zero attached hydrogens (tertiary/aromatic N) is 2. The first-order valence-corrected chi connectivity index (χ1v) is 8.85. The van der Waals surface area contributed by atoms with Gasteiger partial charge in [-0.1, -0.05) is 29.8 Å². The Hall–Kier alpha value is -3.00. The summed E-state index contributed by atoms with van der Waals surface area (Å²) in [6.07, 6.45) is 1.02. The smallest absolute Gasteiger partial charge is 0.317 e. The van der Waals surface area contributed by atoms with Gasteiger partial charge in [-0.05, 0) is 49.1 Å². The number of nitrogens with one attached hydrogen (secondary N) is 1. The summed E-state index contributed by atoms with van der Waals surface area (Å²) in [7, 11) is 0. The molecule has 3 rings (SSSR count). The van der Waals surface area contributed by atoms with Gasteiger partial charge in [-0.3, -0.25) is 0 Å². The molecule has 5 heteroatoms. The van der Waals surface area contributed by atoms with E-state index in [2.05, 4.69) is 42.6 Å². The molecule has 0 aliphatic carbocycles. The third-order valence-electron chi connectivity index (χ3n) is 4.52. The van der Waals surface area contributed by atoms with E-state index in [0.717, 1.165) is 19.5 Å². The fourth-order valence-corrected chi connectivity index (χ4v) is 2.99. The van der Waals surface area contributed by atoms with Crippen molar-refractivity contribution in [2.24, 2.45) is 5.92 Å². The maximum absolute atomic E-state index is 12.1. The van der Waals surface area contributed by atoms with Crippen molar-refractivity contribution in [2.45, 2.75) is 13.3 Å². The van der Waals surface area contributed by atoms with Gasteiger partial charge in [0.05, 0.1) is 18.2 Å².